The largest absolute Gasteiger partial charge is 0.357 e. The minimum absolute atomic E-state index is 0. The summed E-state index contributed by atoms with van der Waals surface area (Å²) in [5, 5.41) is 3.31. The molecule has 0 amide bonds. The Morgan fingerprint density at radius 3 is 2.95 bits per heavy atom. The highest BCUT2D eigenvalue weighted by Crippen LogP contribution is 1.95. The minimum Gasteiger partial charge on any atom is -0.357 e. The van der Waals surface area contributed by atoms with Crippen LogP contribution in [0.4, 0.5) is 0 Å². The number of aliphatic imine (C=N–C) groups is 1. The van der Waals surface area contributed by atoms with Crippen molar-refractivity contribution >= 4 is 29.9 Å². The predicted octanol–water partition coefficient (Wildman–Crippen LogP) is 2.36. The number of halogens is 1. The average molecular weight is 391 g/mol. The van der Waals surface area contributed by atoms with Crippen molar-refractivity contribution in [1.29, 1.82) is 0 Å². The molecule has 5 nitrogen and oxygen atoms in total. The van der Waals surface area contributed by atoms with Crippen molar-refractivity contribution in [3.05, 3.63) is 31.4 Å². The Bertz CT molecular complexity index is 375. The van der Waals surface area contributed by atoms with Gasteiger partial charge >= 0.3 is 0 Å². The molecule has 1 aromatic heterocycles. The molecule has 1 N–H and O–H groups in total. The highest BCUT2D eigenvalue weighted by molar-refractivity contribution is 14.0. The molecule has 0 spiro atoms. The Labute approximate surface area is 139 Å². The van der Waals surface area contributed by atoms with Crippen LogP contribution >= 0.6 is 24.0 Å². The summed E-state index contributed by atoms with van der Waals surface area (Å²) in [7, 11) is 2.07. The lowest BCUT2D eigenvalue weighted by molar-refractivity contribution is 0.469. The third-order valence-corrected chi connectivity index (χ3v) is 2.78. The van der Waals surface area contributed by atoms with Crippen LogP contribution in [0.2, 0.25) is 0 Å². The summed E-state index contributed by atoms with van der Waals surface area (Å²) in [6, 6.07) is 0. The molecule has 1 rings (SSSR count). The van der Waals surface area contributed by atoms with Crippen molar-refractivity contribution < 1.29 is 0 Å². The number of allylic oxidation sites excluding steroid dienone is 1. The zero-order chi connectivity index (χ0) is 13.9. The summed E-state index contributed by atoms with van der Waals surface area (Å²) in [5.41, 5.74) is 0. The Morgan fingerprint density at radius 1 is 1.55 bits per heavy atom. The molecule has 1 heterocycles. The SMILES string of the molecule is C=CCCCN(C)C(=NCCn1ccnc1)NCC.I. The van der Waals surface area contributed by atoms with Crippen molar-refractivity contribution in [2.24, 2.45) is 4.99 Å². The first-order valence-electron chi connectivity index (χ1n) is 6.84. The second kappa shape index (κ2) is 11.7. The maximum absolute atomic E-state index is 4.62. The summed E-state index contributed by atoms with van der Waals surface area (Å²) in [5.74, 6) is 0.965. The van der Waals surface area contributed by atoms with E-state index in [0.29, 0.717) is 0 Å². The van der Waals surface area contributed by atoms with Crippen molar-refractivity contribution in [2.75, 3.05) is 26.7 Å². The van der Waals surface area contributed by atoms with Crippen LogP contribution in [-0.2, 0) is 6.54 Å². The smallest absolute Gasteiger partial charge is 0.193 e. The first kappa shape index (κ1) is 18.9. The Morgan fingerprint density at radius 2 is 2.35 bits per heavy atom. The number of guanidine groups is 1. The predicted molar refractivity (Wildman–Crippen MR) is 95.7 cm³/mol. The Kier molecular flexibility index (Phi) is 11.1. The molecule has 114 valence electrons. The Hall–Kier alpha value is -1.05. The summed E-state index contributed by atoms with van der Waals surface area (Å²) in [6.07, 6.45) is 9.66. The maximum Gasteiger partial charge on any atom is 0.193 e. The second-order valence-electron chi connectivity index (χ2n) is 4.39. The first-order chi connectivity index (χ1) is 9.27. The van der Waals surface area contributed by atoms with Crippen molar-refractivity contribution in [3.63, 3.8) is 0 Å². The van der Waals surface area contributed by atoms with Crippen molar-refractivity contribution in [3.8, 4) is 0 Å². The molecule has 0 fully saturated rings. The fourth-order valence-electron chi connectivity index (χ4n) is 1.74. The molecule has 0 saturated carbocycles. The molecule has 0 bridgehead atoms. The molecule has 0 aliphatic carbocycles. The van der Waals surface area contributed by atoms with Crippen LogP contribution in [0.15, 0.2) is 36.4 Å². The number of nitrogens with one attached hydrogen (secondary N) is 1. The van der Waals surface area contributed by atoms with Gasteiger partial charge in [0, 0.05) is 39.1 Å². The van der Waals surface area contributed by atoms with Gasteiger partial charge < -0.3 is 14.8 Å². The average Bonchev–Trinajstić information content (AvgIpc) is 2.91. The highest BCUT2D eigenvalue weighted by atomic mass is 127. The van der Waals surface area contributed by atoms with E-state index in [9.17, 15) is 0 Å². The van der Waals surface area contributed by atoms with E-state index in [1.165, 1.54) is 0 Å². The van der Waals surface area contributed by atoms with E-state index in [2.05, 4.69) is 40.7 Å². The van der Waals surface area contributed by atoms with Gasteiger partial charge in [-0.15, -0.1) is 30.6 Å². The van der Waals surface area contributed by atoms with Crippen LogP contribution in [0.1, 0.15) is 19.8 Å². The van der Waals surface area contributed by atoms with Gasteiger partial charge in [-0.05, 0) is 19.8 Å². The second-order valence-corrected chi connectivity index (χ2v) is 4.39. The molecule has 0 unspecified atom stereocenters. The van der Waals surface area contributed by atoms with Crippen LogP contribution in [0.25, 0.3) is 0 Å². The summed E-state index contributed by atoms with van der Waals surface area (Å²) in [4.78, 5) is 10.8. The van der Waals surface area contributed by atoms with E-state index in [1.807, 2.05) is 23.2 Å². The summed E-state index contributed by atoms with van der Waals surface area (Å²) >= 11 is 0. The van der Waals surface area contributed by atoms with Crippen LogP contribution in [-0.4, -0.2) is 47.1 Å². The third kappa shape index (κ3) is 7.52. The fourth-order valence-corrected chi connectivity index (χ4v) is 1.74. The summed E-state index contributed by atoms with van der Waals surface area (Å²) in [6.45, 7) is 9.31. The minimum atomic E-state index is 0. The number of imidazole rings is 1. The lowest BCUT2D eigenvalue weighted by Gasteiger charge is -2.21. The molecule has 6 heteroatoms. The van der Waals surface area contributed by atoms with E-state index in [-0.39, 0.29) is 24.0 Å². The van der Waals surface area contributed by atoms with Crippen LogP contribution in [0.3, 0.4) is 0 Å². The number of hydrogen-bond donors (Lipinski definition) is 1. The molecule has 0 atom stereocenters. The molecule has 0 aliphatic rings. The standard InChI is InChI=1S/C14H25N5.HI/c1-4-6-7-10-18(3)14(16-5-2)17-9-12-19-11-8-15-13-19;/h4,8,11,13H,1,5-7,9-10,12H2,2-3H3,(H,16,17);1H. The van der Waals surface area contributed by atoms with E-state index in [0.717, 1.165) is 45.0 Å². The number of unbranched alkanes of at least 4 members (excludes halogenated alkanes) is 1. The summed E-state index contributed by atoms with van der Waals surface area (Å²) < 4.78 is 2.03. The van der Waals surface area contributed by atoms with Crippen LogP contribution in [0.5, 0.6) is 0 Å². The molecule has 0 aliphatic heterocycles. The molecule has 20 heavy (non-hydrogen) atoms. The van der Waals surface area contributed by atoms with E-state index < -0.39 is 0 Å². The first-order valence-corrected chi connectivity index (χ1v) is 6.84. The number of nitrogens with zero attached hydrogens (tertiary/aromatic N) is 4. The number of aromatic nitrogens is 2. The molecule has 1 aromatic rings. The molecule has 0 radical (unpaired) electrons. The zero-order valence-corrected chi connectivity index (χ0v) is 14.8. The van der Waals surface area contributed by atoms with E-state index in [1.54, 1.807) is 6.20 Å². The van der Waals surface area contributed by atoms with Gasteiger partial charge in [-0.25, -0.2) is 4.98 Å². The number of hydrogen-bond acceptors (Lipinski definition) is 2. The van der Waals surface area contributed by atoms with Gasteiger partial charge in [-0.1, -0.05) is 6.08 Å². The monoisotopic (exact) mass is 391 g/mol. The molecular formula is C14H26IN5. The zero-order valence-electron chi connectivity index (χ0n) is 12.5. The molecule has 0 saturated heterocycles. The van der Waals surface area contributed by atoms with Gasteiger partial charge in [0.05, 0.1) is 12.9 Å². The molecular weight excluding hydrogens is 365 g/mol. The van der Waals surface area contributed by atoms with E-state index in [4.69, 9.17) is 0 Å². The van der Waals surface area contributed by atoms with Gasteiger partial charge in [-0.2, -0.15) is 0 Å². The van der Waals surface area contributed by atoms with Gasteiger partial charge in [0.15, 0.2) is 5.96 Å². The number of rotatable bonds is 8. The lowest BCUT2D eigenvalue weighted by atomic mass is 10.3. The van der Waals surface area contributed by atoms with E-state index >= 15 is 0 Å². The third-order valence-electron chi connectivity index (χ3n) is 2.78. The maximum atomic E-state index is 4.62. The van der Waals surface area contributed by atoms with Gasteiger partial charge in [0.25, 0.3) is 0 Å². The van der Waals surface area contributed by atoms with Crippen LogP contribution < -0.4 is 5.32 Å². The fraction of sp³-hybridized carbons (Fsp3) is 0.571. The molecule has 0 aromatic carbocycles. The quantitative estimate of drug-likeness (QED) is 0.243. The van der Waals surface area contributed by atoms with Crippen LogP contribution in [0, 0.1) is 0 Å². The normalized spacial score (nSPS) is 10.8. The lowest BCUT2D eigenvalue weighted by Crippen LogP contribution is -2.39. The van der Waals surface area contributed by atoms with Gasteiger partial charge in [0.2, 0.25) is 0 Å². The highest BCUT2D eigenvalue weighted by Gasteiger charge is 2.04. The topological polar surface area (TPSA) is 45.5 Å². The van der Waals surface area contributed by atoms with Gasteiger partial charge in [-0.3, -0.25) is 4.99 Å². The van der Waals surface area contributed by atoms with Gasteiger partial charge in [0.1, 0.15) is 0 Å². The van der Waals surface area contributed by atoms with Crippen molar-refractivity contribution in [1.82, 2.24) is 19.8 Å². The Balaban J connectivity index is 0.00000361. The van der Waals surface area contributed by atoms with Crippen molar-refractivity contribution in [2.45, 2.75) is 26.3 Å².